The van der Waals surface area contributed by atoms with Gasteiger partial charge in [0, 0.05) is 45.2 Å². The van der Waals surface area contributed by atoms with Gasteiger partial charge >= 0.3 is 0 Å². The van der Waals surface area contributed by atoms with E-state index < -0.39 is 29.7 Å². The lowest BCUT2D eigenvalue weighted by Crippen LogP contribution is -2.54. The number of piperidine rings is 1. The number of fused-ring (bicyclic) bond motifs is 1. The molecule has 12 nitrogen and oxygen atoms in total. The van der Waals surface area contributed by atoms with E-state index in [1.54, 1.807) is 30.3 Å². The lowest BCUT2D eigenvalue weighted by molar-refractivity contribution is -0.136. The van der Waals surface area contributed by atoms with Crippen LogP contribution in [0.1, 0.15) is 56.7 Å². The Morgan fingerprint density at radius 3 is 2.28 bits per heavy atom. The van der Waals surface area contributed by atoms with Gasteiger partial charge in [0.2, 0.25) is 17.7 Å². The van der Waals surface area contributed by atoms with Crippen LogP contribution in [0.2, 0.25) is 0 Å². The molecule has 4 heterocycles. The summed E-state index contributed by atoms with van der Waals surface area (Å²) >= 11 is 0. The minimum Gasteiger partial charge on any atom is -0.508 e. The monoisotopic (exact) mass is 777 g/mol. The third-order valence-electron chi connectivity index (χ3n) is 10.8. The highest BCUT2D eigenvalue weighted by Gasteiger charge is 2.44. The van der Waals surface area contributed by atoms with Crippen LogP contribution in [-0.2, 0) is 16.0 Å². The van der Waals surface area contributed by atoms with Gasteiger partial charge in [0.1, 0.15) is 29.9 Å². The highest BCUT2D eigenvalue weighted by Crippen LogP contribution is 2.31. The molecule has 1 unspecified atom stereocenters. The van der Waals surface area contributed by atoms with Crippen LogP contribution in [0, 0.1) is 0 Å². The fraction of sp³-hybridized carbons (Fsp3) is 0.239. The first-order valence-electron chi connectivity index (χ1n) is 19.5. The maximum Gasteiger partial charge on any atom is 0.262 e. The van der Waals surface area contributed by atoms with Crippen LogP contribution in [-0.4, -0.2) is 88.9 Å². The number of rotatable bonds is 13. The van der Waals surface area contributed by atoms with E-state index in [9.17, 15) is 24.3 Å². The minimum absolute atomic E-state index is 0.0723. The molecule has 2 fully saturated rings. The number of carbonyl (C=O) groups is 4. The molecule has 58 heavy (non-hydrogen) atoms. The van der Waals surface area contributed by atoms with E-state index in [0.29, 0.717) is 30.5 Å². The topological polar surface area (TPSA) is 142 Å². The van der Waals surface area contributed by atoms with Crippen LogP contribution in [0.3, 0.4) is 0 Å². The molecular weight excluding hydrogens is 735 g/mol. The van der Waals surface area contributed by atoms with Gasteiger partial charge in [-0.25, -0.2) is 4.98 Å². The third-order valence-corrected chi connectivity index (χ3v) is 10.8. The summed E-state index contributed by atoms with van der Waals surface area (Å²) in [6.45, 7) is 4.41. The summed E-state index contributed by atoms with van der Waals surface area (Å²) in [6, 6.07) is 33.4. The molecule has 8 rings (SSSR count). The van der Waals surface area contributed by atoms with E-state index in [4.69, 9.17) is 9.47 Å². The Kier molecular flexibility index (Phi) is 11.3. The number of benzene rings is 4. The van der Waals surface area contributed by atoms with Crippen molar-refractivity contribution in [2.24, 2.45) is 0 Å². The molecular formula is C46H43N5O7. The smallest absolute Gasteiger partial charge is 0.262 e. The van der Waals surface area contributed by atoms with Crippen LogP contribution in [0.4, 0.5) is 5.69 Å². The molecule has 0 saturated carbocycles. The molecule has 294 valence electrons. The van der Waals surface area contributed by atoms with Crippen molar-refractivity contribution in [3.05, 3.63) is 143 Å². The Morgan fingerprint density at radius 1 is 0.810 bits per heavy atom. The van der Waals surface area contributed by atoms with Crippen LogP contribution in [0.15, 0.2) is 115 Å². The number of imide groups is 2. The Hall–Kier alpha value is -6.79. The van der Waals surface area contributed by atoms with Crippen molar-refractivity contribution >= 4 is 41.0 Å². The number of nitrogens with one attached hydrogen (secondary N) is 1. The van der Waals surface area contributed by atoms with E-state index in [0.717, 1.165) is 55.2 Å². The van der Waals surface area contributed by atoms with Crippen molar-refractivity contribution in [1.82, 2.24) is 20.1 Å². The molecule has 2 saturated heterocycles. The summed E-state index contributed by atoms with van der Waals surface area (Å²) in [5, 5.41) is 11.9. The second kappa shape index (κ2) is 17.1. The van der Waals surface area contributed by atoms with E-state index >= 15 is 0 Å². The first-order chi connectivity index (χ1) is 28.3. The number of hydrogen-bond donors (Lipinski definition) is 2. The highest BCUT2D eigenvalue weighted by atomic mass is 16.5. The third kappa shape index (κ3) is 8.77. The van der Waals surface area contributed by atoms with Gasteiger partial charge in [0.15, 0.2) is 0 Å². The first-order valence-corrected chi connectivity index (χ1v) is 19.5. The molecule has 0 bridgehead atoms. The number of amides is 4. The van der Waals surface area contributed by atoms with Crippen molar-refractivity contribution in [1.29, 1.82) is 0 Å². The zero-order chi connectivity index (χ0) is 40.0. The number of phenols is 1. The molecule has 4 aromatic carbocycles. The molecule has 0 radical (unpaired) electrons. The normalized spacial score (nSPS) is 17.3. The second-order valence-corrected chi connectivity index (χ2v) is 14.6. The number of carbonyl (C=O) groups excluding carboxylic acids is 4. The summed E-state index contributed by atoms with van der Waals surface area (Å²) in [7, 11) is 0. The van der Waals surface area contributed by atoms with Gasteiger partial charge in [-0.15, -0.1) is 0 Å². The average molecular weight is 778 g/mol. The summed E-state index contributed by atoms with van der Waals surface area (Å²) in [4.78, 5) is 60.2. The maximum absolute atomic E-state index is 13.1. The lowest BCUT2D eigenvalue weighted by Gasteiger charge is -2.35. The van der Waals surface area contributed by atoms with E-state index in [1.807, 2.05) is 60.8 Å². The van der Waals surface area contributed by atoms with Gasteiger partial charge in [0.05, 0.1) is 23.0 Å². The summed E-state index contributed by atoms with van der Waals surface area (Å²) in [6.07, 6.45) is 5.95. The number of aromatic nitrogens is 1. The molecule has 3 aliphatic heterocycles. The summed E-state index contributed by atoms with van der Waals surface area (Å²) in [5.74, 6) is -0.175. The van der Waals surface area contributed by atoms with Gasteiger partial charge in [-0.1, -0.05) is 60.7 Å². The minimum atomic E-state index is -1.00. The van der Waals surface area contributed by atoms with Gasteiger partial charge in [-0.2, -0.15) is 0 Å². The number of nitrogens with zero attached hydrogens (tertiary/aromatic N) is 4. The number of allylic oxidation sites excluding steroid dienone is 1. The van der Waals surface area contributed by atoms with Crippen molar-refractivity contribution in [3.8, 4) is 23.1 Å². The molecule has 1 atom stereocenters. The Morgan fingerprint density at radius 2 is 1.55 bits per heavy atom. The Labute approximate surface area is 336 Å². The molecule has 3 aliphatic rings. The fourth-order valence-electron chi connectivity index (χ4n) is 7.53. The quantitative estimate of drug-likeness (QED) is 0.103. The molecule has 4 amide bonds. The number of piperazine rings is 1. The van der Waals surface area contributed by atoms with Crippen molar-refractivity contribution in [3.63, 3.8) is 0 Å². The highest BCUT2D eigenvalue weighted by molar-refractivity contribution is 6.23. The number of anilines is 1. The van der Waals surface area contributed by atoms with E-state index in [-0.39, 0.29) is 29.7 Å². The molecule has 0 spiro atoms. The van der Waals surface area contributed by atoms with Crippen LogP contribution >= 0.6 is 0 Å². The predicted octanol–water partition coefficient (Wildman–Crippen LogP) is 6.36. The summed E-state index contributed by atoms with van der Waals surface area (Å²) < 4.78 is 12.1. The van der Waals surface area contributed by atoms with Crippen molar-refractivity contribution < 1.29 is 33.8 Å². The average Bonchev–Trinajstić information content (AvgIpc) is 3.49. The van der Waals surface area contributed by atoms with E-state index in [2.05, 4.69) is 50.4 Å². The molecule has 2 N–H and O–H groups in total. The lowest BCUT2D eigenvalue weighted by atomic mass is 9.96. The Balaban J connectivity index is 0.798. The summed E-state index contributed by atoms with van der Waals surface area (Å²) in [5.41, 5.74) is 6.09. The van der Waals surface area contributed by atoms with Crippen molar-refractivity contribution in [2.45, 2.75) is 31.7 Å². The number of pyridine rings is 1. The molecule has 12 heteroatoms. The number of phenolic OH excluding ortho intramolecular Hbond substituents is 1. The van der Waals surface area contributed by atoms with Gasteiger partial charge < -0.3 is 19.5 Å². The second-order valence-electron chi connectivity index (χ2n) is 14.6. The first kappa shape index (κ1) is 38.1. The molecule has 0 aliphatic carbocycles. The number of ether oxygens (including phenoxy) is 2. The van der Waals surface area contributed by atoms with Crippen LogP contribution in [0.5, 0.6) is 23.1 Å². The van der Waals surface area contributed by atoms with Gasteiger partial charge in [-0.3, -0.25) is 34.3 Å². The van der Waals surface area contributed by atoms with Crippen LogP contribution in [0.25, 0.3) is 11.6 Å². The molecule has 5 aromatic rings. The van der Waals surface area contributed by atoms with Gasteiger partial charge in [0.25, 0.3) is 11.8 Å². The zero-order valence-electron chi connectivity index (χ0n) is 31.9. The fourth-order valence-corrected chi connectivity index (χ4v) is 7.53. The maximum atomic E-state index is 13.1. The number of aryl methyl sites for hydroxylation is 1. The van der Waals surface area contributed by atoms with E-state index in [1.165, 1.54) is 16.7 Å². The number of hydrogen-bond acceptors (Lipinski definition) is 10. The molecule has 1 aromatic heterocycles. The van der Waals surface area contributed by atoms with Crippen LogP contribution < -0.4 is 19.7 Å². The SMILES string of the molecule is O=C1CCC(N2C(=O)c3ccc(OCCN4CCN(c5ccc(Oc6ccc(/C=C(/CCc7ccc(O)cc7)c7ccccc7)cc6)nc5)CC4)cc3C2=O)C(=O)N1. The zero-order valence-corrected chi connectivity index (χ0v) is 31.9. The largest absolute Gasteiger partial charge is 0.508 e. The Bertz CT molecular complexity index is 2320. The predicted molar refractivity (Wildman–Crippen MR) is 219 cm³/mol. The van der Waals surface area contributed by atoms with Gasteiger partial charge in [-0.05, 0) is 90.1 Å². The van der Waals surface area contributed by atoms with Crippen molar-refractivity contribution in [2.75, 3.05) is 44.2 Å². The standard InChI is InChI=1S/C46H43N5O7/c52-36-13-7-31(8-14-36)6-11-34(33-4-2-1-3-5-33)28-32-9-15-37(16-10-32)58-43-21-12-35(30-47-43)50-24-22-49(23-25-50)26-27-57-38-17-18-39-40(29-38)46(56)51(45(39)55)41-19-20-42(53)48-44(41)54/h1-5,7-10,12-18,21,28-30,41,52H,6,11,19-20,22-27H2,(H,48,53,54)/b34-28-. The number of aromatic hydroxyl groups is 1.